The summed E-state index contributed by atoms with van der Waals surface area (Å²) in [5.74, 6) is -0.140. The number of halogens is 1. The van der Waals surface area contributed by atoms with Crippen LogP contribution in [0.5, 0.6) is 5.75 Å². The van der Waals surface area contributed by atoms with Crippen LogP contribution in [0, 0.1) is 5.92 Å². The molecule has 1 fully saturated rings. The van der Waals surface area contributed by atoms with E-state index < -0.39 is 11.6 Å². The molecule has 27 heavy (non-hydrogen) atoms. The molecule has 2 aromatic rings. The van der Waals surface area contributed by atoms with E-state index in [2.05, 4.69) is 10.6 Å². The van der Waals surface area contributed by atoms with Crippen molar-refractivity contribution in [2.75, 3.05) is 17.7 Å². The first-order chi connectivity index (χ1) is 12.8. The van der Waals surface area contributed by atoms with E-state index in [9.17, 15) is 14.7 Å². The number of methoxy groups -OCH3 is 1. The number of rotatable bonds is 5. The number of nitrogens with two attached hydrogens (primary N) is 1. The molecule has 0 atom stereocenters. The van der Waals surface area contributed by atoms with Gasteiger partial charge in [0.1, 0.15) is 5.75 Å². The number of hydrogen-bond donors (Lipinski definition) is 4. The molecule has 3 rings (SSSR count). The van der Waals surface area contributed by atoms with Crippen LogP contribution in [0.25, 0.3) is 0 Å². The third kappa shape index (κ3) is 4.15. The van der Waals surface area contributed by atoms with Crippen molar-refractivity contribution < 1.29 is 19.4 Å². The van der Waals surface area contributed by atoms with Crippen molar-refractivity contribution in [3.63, 3.8) is 0 Å². The largest absolute Gasteiger partial charge is 0.494 e. The Kier molecular flexibility index (Phi) is 5.25. The molecule has 1 aliphatic carbocycles. The number of amides is 3. The first-order valence-electron chi connectivity index (χ1n) is 8.34. The molecule has 0 heterocycles. The molecule has 7 nitrogen and oxygen atoms in total. The predicted octanol–water partition coefficient (Wildman–Crippen LogP) is 3.08. The molecular formula is C19H20ClN3O4. The summed E-state index contributed by atoms with van der Waals surface area (Å²) in [5.41, 5.74) is 5.70. The monoisotopic (exact) mass is 389 g/mol. The second kappa shape index (κ2) is 7.46. The van der Waals surface area contributed by atoms with E-state index in [1.807, 2.05) is 0 Å². The maximum absolute atomic E-state index is 12.5. The van der Waals surface area contributed by atoms with Gasteiger partial charge in [-0.1, -0.05) is 23.7 Å². The van der Waals surface area contributed by atoms with Crippen molar-refractivity contribution in [1.82, 2.24) is 0 Å². The molecule has 0 spiro atoms. The molecule has 0 saturated heterocycles. The Hall–Kier alpha value is -2.77. The van der Waals surface area contributed by atoms with Gasteiger partial charge in [-0.25, -0.2) is 4.79 Å². The van der Waals surface area contributed by atoms with Gasteiger partial charge >= 0.3 is 6.03 Å². The van der Waals surface area contributed by atoms with Crippen LogP contribution in [0.4, 0.5) is 16.2 Å². The van der Waals surface area contributed by atoms with E-state index >= 15 is 0 Å². The van der Waals surface area contributed by atoms with E-state index in [1.165, 1.54) is 7.11 Å². The summed E-state index contributed by atoms with van der Waals surface area (Å²) < 4.78 is 5.20. The summed E-state index contributed by atoms with van der Waals surface area (Å²) in [7, 11) is 1.45. The molecule has 2 aromatic carbocycles. The minimum absolute atomic E-state index is 0.195. The number of urea groups is 1. The van der Waals surface area contributed by atoms with Crippen molar-refractivity contribution in [3.05, 3.63) is 53.1 Å². The molecule has 3 amide bonds. The smallest absolute Gasteiger partial charge is 0.316 e. The van der Waals surface area contributed by atoms with Gasteiger partial charge in [0.2, 0.25) is 5.91 Å². The third-order valence-corrected chi connectivity index (χ3v) is 4.86. The van der Waals surface area contributed by atoms with Gasteiger partial charge in [-0.2, -0.15) is 0 Å². The number of ether oxygens (including phenoxy) is 1. The Labute approximate surface area is 161 Å². The molecule has 5 N–H and O–H groups in total. The van der Waals surface area contributed by atoms with E-state index in [4.69, 9.17) is 22.1 Å². The Morgan fingerprint density at radius 2 is 1.96 bits per heavy atom. The van der Waals surface area contributed by atoms with Gasteiger partial charge in [-0.15, -0.1) is 0 Å². The highest BCUT2D eigenvalue weighted by Gasteiger charge is 2.47. The van der Waals surface area contributed by atoms with Gasteiger partial charge in [-0.3, -0.25) is 4.79 Å². The fourth-order valence-corrected chi connectivity index (χ4v) is 3.39. The van der Waals surface area contributed by atoms with E-state index in [0.717, 1.165) is 0 Å². The van der Waals surface area contributed by atoms with Gasteiger partial charge in [0.05, 0.1) is 18.4 Å². The molecule has 0 unspecified atom stereocenters. The second-order valence-corrected chi connectivity index (χ2v) is 6.98. The number of nitrogens with one attached hydrogen (secondary N) is 2. The topological polar surface area (TPSA) is 114 Å². The van der Waals surface area contributed by atoms with Crippen molar-refractivity contribution in [2.24, 2.45) is 11.7 Å². The summed E-state index contributed by atoms with van der Waals surface area (Å²) in [6.45, 7) is 0. The number of hydrogen-bond acceptors (Lipinski definition) is 4. The molecule has 0 aliphatic heterocycles. The van der Waals surface area contributed by atoms with Crippen LogP contribution in [0.15, 0.2) is 42.5 Å². The molecule has 142 valence electrons. The molecule has 0 radical (unpaired) electrons. The number of aliphatic hydroxyl groups is 1. The fraction of sp³-hybridized carbons (Fsp3) is 0.263. The highest BCUT2D eigenvalue weighted by Crippen LogP contribution is 2.46. The Morgan fingerprint density at radius 1 is 1.22 bits per heavy atom. The zero-order valence-electron chi connectivity index (χ0n) is 14.7. The lowest BCUT2D eigenvalue weighted by Gasteiger charge is -2.43. The maximum atomic E-state index is 12.5. The average molecular weight is 390 g/mol. The number of primary amides is 1. The molecular weight excluding hydrogens is 370 g/mol. The van der Waals surface area contributed by atoms with E-state index in [0.29, 0.717) is 40.6 Å². The van der Waals surface area contributed by atoms with Gasteiger partial charge in [-0.05, 0) is 42.7 Å². The van der Waals surface area contributed by atoms with E-state index in [1.54, 1.807) is 42.5 Å². The normalized spacial score (nSPS) is 21.1. The van der Waals surface area contributed by atoms with Crippen LogP contribution in [-0.2, 0) is 10.4 Å². The molecule has 0 bridgehead atoms. The zero-order valence-corrected chi connectivity index (χ0v) is 15.4. The lowest BCUT2D eigenvalue weighted by molar-refractivity contribution is -0.137. The zero-order chi connectivity index (χ0) is 19.6. The van der Waals surface area contributed by atoms with Crippen LogP contribution in [-0.4, -0.2) is 24.2 Å². The third-order valence-electron chi connectivity index (χ3n) is 4.63. The molecule has 8 heteroatoms. The summed E-state index contributed by atoms with van der Waals surface area (Å²) in [4.78, 5) is 23.5. The summed E-state index contributed by atoms with van der Waals surface area (Å²) in [6, 6.07) is 11.1. The maximum Gasteiger partial charge on any atom is 0.316 e. The average Bonchev–Trinajstić information content (AvgIpc) is 2.59. The molecule has 1 saturated carbocycles. The van der Waals surface area contributed by atoms with Crippen LogP contribution < -0.4 is 21.1 Å². The van der Waals surface area contributed by atoms with Gasteiger partial charge < -0.3 is 26.2 Å². The van der Waals surface area contributed by atoms with E-state index in [-0.39, 0.29) is 11.8 Å². The first-order valence-corrected chi connectivity index (χ1v) is 8.72. The lowest BCUT2D eigenvalue weighted by Crippen LogP contribution is -2.46. The van der Waals surface area contributed by atoms with Crippen LogP contribution >= 0.6 is 11.6 Å². The van der Waals surface area contributed by atoms with Crippen LogP contribution in [0.2, 0.25) is 5.02 Å². The standard InChI is InChI=1S/C19H20ClN3O4/c1-27-16-8-14(5-6-15(16)23-18(21)25)22-17(24)11-9-19(26,10-11)12-3-2-4-13(20)7-12/h2-8,11,26H,9-10H2,1H3,(H,22,24)(H3,21,23,25). The summed E-state index contributed by atoms with van der Waals surface area (Å²) >= 11 is 5.97. The predicted molar refractivity (Wildman–Crippen MR) is 103 cm³/mol. The number of carbonyl (C=O) groups is 2. The fourth-order valence-electron chi connectivity index (χ4n) is 3.20. The van der Waals surface area contributed by atoms with Gasteiger partial charge in [0.25, 0.3) is 0 Å². The molecule has 1 aliphatic rings. The highest BCUT2D eigenvalue weighted by atomic mass is 35.5. The first kappa shape index (κ1) is 19.0. The van der Waals surface area contributed by atoms with Gasteiger partial charge in [0, 0.05) is 22.7 Å². The van der Waals surface area contributed by atoms with Crippen molar-refractivity contribution in [1.29, 1.82) is 0 Å². The number of anilines is 2. The van der Waals surface area contributed by atoms with Gasteiger partial charge in [0.15, 0.2) is 0 Å². The Morgan fingerprint density at radius 3 is 2.59 bits per heavy atom. The van der Waals surface area contributed by atoms with Crippen LogP contribution in [0.3, 0.4) is 0 Å². The van der Waals surface area contributed by atoms with Crippen molar-refractivity contribution >= 4 is 34.9 Å². The van der Waals surface area contributed by atoms with Crippen molar-refractivity contribution in [2.45, 2.75) is 18.4 Å². The van der Waals surface area contributed by atoms with Crippen molar-refractivity contribution in [3.8, 4) is 5.75 Å². The number of benzene rings is 2. The number of carbonyl (C=O) groups excluding carboxylic acids is 2. The van der Waals surface area contributed by atoms with Crippen LogP contribution in [0.1, 0.15) is 18.4 Å². The summed E-state index contributed by atoms with van der Waals surface area (Å²) in [6.07, 6.45) is 0.634. The quantitative estimate of drug-likeness (QED) is 0.629. The minimum atomic E-state index is -1.04. The molecule has 0 aromatic heterocycles. The second-order valence-electron chi connectivity index (χ2n) is 6.54. The Balaban J connectivity index is 1.64. The lowest BCUT2D eigenvalue weighted by atomic mass is 9.67. The highest BCUT2D eigenvalue weighted by molar-refractivity contribution is 6.30. The SMILES string of the molecule is COc1cc(NC(=O)C2CC(O)(c3cccc(Cl)c3)C2)ccc1NC(N)=O. The Bertz CT molecular complexity index is 881. The summed E-state index contributed by atoms with van der Waals surface area (Å²) in [5, 5.41) is 16.5. The minimum Gasteiger partial charge on any atom is -0.494 e.